The summed E-state index contributed by atoms with van der Waals surface area (Å²) in [7, 11) is 3.93. The molecule has 8 heteroatoms. The highest BCUT2D eigenvalue weighted by atomic mass is 32.2. The van der Waals surface area contributed by atoms with E-state index in [9.17, 15) is 19.7 Å². The SMILES string of the molecule is CC(=O)NC(CSCCN(C)C)C(=O)c1ccc([N+](=O)[O-])cc1. The van der Waals surface area contributed by atoms with E-state index in [-0.39, 0.29) is 17.4 Å². The number of nitrogens with zero attached hydrogens (tertiary/aromatic N) is 2. The smallest absolute Gasteiger partial charge is 0.269 e. The van der Waals surface area contributed by atoms with Crippen molar-refractivity contribution in [3.8, 4) is 0 Å². The molecule has 1 aromatic rings. The molecule has 0 radical (unpaired) electrons. The molecule has 7 nitrogen and oxygen atoms in total. The van der Waals surface area contributed by atoms with Crippen molar-refractivity contribution in [1.29, 1.82) is 0 Å². The van der Waals surface area contributed by atoms with Crippen molar-refractivity contribution in [2.45, 2.75) is 13.0 Å². The number of hydrogen-bond donors (Lipinski definition) is 1. The van der Waals surface area contributed by atoms with Gasteiger partial charge in [-0.05, 0) is 26.2 Å². The molecule has 1 atom stereocenters. The predicted octanol–water partition coefficient (Wildman–Crippen LogP) is 1.58. The number of benzene rings is 1. The fourth-order valence-corrected chi connectivity index (χ4v) is 2.96. The molecular formula is C15H21N3O4S. The summed E-state index contributed by atoms with van der Waals surface area (Å²) in [5.74, 6) is 0.783. The minimum Gasteiger partial charge on any atom is -0.345 e. The van der Waals surface area contributed by atoms with Gasteiger partial charge in [-0.2, -0.15) is 11.8 Å². The Kier molecular flexibility index (Phi) is 7.70. The molecule has 1 aromatic carbocycles. The molecule has 0 aromatic heterocycles. The largest absolute Gasteiger partial charge is 0.345 e. The maximum absolute atomic E-state index is 12.5. The van der Waals surface area contributed by atoms with Crippen LogP contribution >= 0.6 is 11.8 Å². The van der Waals surface area contributed by atoms with Crippen LogP contribution in [0.1, 0.15) is 17.3 Å². The highest BCUT2D eigenvalue weighted by molar-refractivity contribution is 7.99. The van der Waals surface area contributed by atoms with Gasteiger partial charge in [0.1, 0.15) is 6.04 Å². The number of rotatable bonds is 9. The van der Waals surface area contributed by atoms with Crippen LogP contribution in [0.25, 0.3) is 0 Å². The van der Waals surface area contributed by atoms with E-state index < -0.39 is 11.0 Å². The first-order chi connectivity index (χ1) is 10.8. The normalized spacial score (nSPS) is 12.0. The number of nitrogens with one attached hydrogen (secondary N) is 1. The lowest BCUT2D eigenvalue weighted by atomic mass is 10.0. The van der Waals surface area contributed by atoms with Crippen molar-refractivity contribution in [2.75, 3.05) is 32.1 Å². The summed E-state index contributed by atoms with van der Waals surface area (Å²) in [5.41, 5.74) is 0.278. The molecule has 0 fully saturated rings. The number of thioether (sulfide) groups is 1. The maximum atomic E-state index is 12.5. The third kappa shape index (κ3) is 6.79. The molecule has 0 bridgehead atoms. The van der Waals surface area contributed by atoms with Gasteiger partial charge in [0.15, 0.2) is 5.78 Å². The van der Waals surface area contributed by atoms with Crippen LogP contribution in [0.15, 0.2) is 24.3 Å². The van der Waals surface area contributed by atoms with Crippen LogP contribution in [0.2, 0.25) is 0 Å². The van der Waals surface area contributed by atoms with Crippen LogP contribution in [0.4, 0.5) is 5.69 Å². The van der Waals surface area contributed by atoms with Crippen molar-refractivity contribution < 1.29 is 14.5 Å². The highest BCUT2D eigenvalue weighted by Crippen LogP contribution is 2.15. The minimum atomic E-state index is -0.638. The number of carbonyl (C=O) groups excluding carboxylic acids is 2. The van der Waals surface area contributed by atoms with E-state index in [1.54, 1.807) is 11.8 Å². The van der Waals surface area contributed by atoms with E-state index >= 15 is 0 Å². The second kappa shape index (κ2) is 9.26. The second-order valence-corrected chi connectivity index (χ2v) is 6.45. The lowest BCUT2D eigenvalue weighted by molar-refractivity contribution is -0.384. The van der Waals surface area contributed by atoms with Crippen molar-refractivity contribution in [3.63, 3.8) is 0 Å². The van der Waals surface area contributed by atoms with Crippen LogP contribution in [-0.4, -0.2) is 59.7 Å². The van der Waals surface area contributed by atoms with E-state index in [0.717, 1.165) is 12.3 Å². The summed E-state index contributed by atoms with van der Waals surface area (Å²) in [6.45, 7) is 2.24. The molecule has 1 rings (SSSR count). The fourth-order valence-electron chi connectivity index (χ4n) is 1.83. The monoisotopic (exact) mass is 339 g/mol. The van der Waals surface area contributed by atoms with Crippen molar-refractivity contribution in [2.24, 2.45) is 0 Å². The molecule has 1 unspecified atom stereocenters. The molecule has 1 N–H and O–H groups in total. The Labute approximate surface area is 139 Å². The van der Waals surface area contributed by atoms with Crippen molar-refractivity contribution >= 4 is 29.1 Å². The molecular weight excluding hydrogens is 318 g/mol. The first-order valence-corrected chi connectivity index (χ1v) is 8.25. The van der Waals surface area contributed by atoms with Gasteiger partial charge in [-0.3, -0.25) is 19.7 Å². The topological polar surface area (TPSA) is 92.6 Å². The van der Waals surface area contributed by atoms with Crippen LogP contribution in [0.3, 0.4) is 0 Å². The predicted molar refractivity (Wildman–Crippen MR) is 90.9 cm³/mol. The van der Waals surface area contributed by atoms with Crippen molar-refractivity contribution in [3.05, 3.63) is 39.9 Å². The molecule has 0 saturated carbocycles. The van der Waals surface area contributed by atoms with Crippen LogP contribution in [-0.2, 0) is 4.79 Å². The van der Waals surface area contributed by atoms with E-state index in [1.807, 2.05) is 19.0 Å². The molecule has 0 aliphatic heterocycles. The van der Waals surface area contributed by atoms with Gasteiger partial charge in [-0.25, -0.2) is 0 Å². The Balaban J connectivity index is 2.74. The Bertz CT molecular complexity index is 560. The average molecular weight is 339 g/mol. The summed E-state index contributed by atoms with van der Waals surface area (Å²) < 4.78 is 0. The molecule has 0 aliphatic carbocycles. The molecule has 0 saturated heterocycles. The molecule has 0 aliphatic rings. The Morgan fingerprint density at radius 1 is 1.30 bits per heavy atom. The summed E-state index contributed by atoms with van der Waals surface area (Å²) in [5, 5.41) is 13.3. The van der Waals surface area contributed by atoms with Crippen LogP contribution in [0, 0.1) is 10.1 Å². The number of Topliss-reactive ketones (excluding diaryl/α,β-unsaturated/α-hetero) is 1. The van der Waals surface area contributed by atoms with Gasteiger partial charge in [0.2, 0.25) is 5.91 Å². The molecule has 0 spiro atoms. The van der Waals surface area contributed by atoms with E-state index in [2.05, 4.69) is 5.32 Å². The summed E-state index contributed by atoms with van der Waals surface area (Å²) in [6.07, 6.45) is 0. The van der Waals surface area contributed by atoms with Gasteiger partial charge in [0.25, 0.3) is 5.69 Å². The first kappa shape index (κ1) is 19.1. The number of non-ortho nitro benzene ring substituents is 1. The number of hydrogen-bond acceptors (Lipinski definition) is 6. The van der Waals surface area contributed by atoms with Crippen molar-refractivity contribution in [1.82, 2.24) is 10.2 Å². The number of carbonyl (C=O) groups is 2. The number of nitro benzene ring substituents is 1. The second-order valence-electron chi connectivity index (χ2n) is 5.30. The Morgan fingerprint density at radius 2 is 1.91 bits per heavy atom. The first-order valence-electron chi connectivity index (χ1n) is 7.09. The fraction of sp³-hybridized carbons (Fsp3) is 0.467. The lowest BCUT2D eigenvalue weighted by Crippen LogP contribution is -2.41. The van der Waals surface area contributed by atoms with Crippen LogP contribution < -0.4 is 5.32 Å². The average Bonchev–Trinajstić information content (AvgIpc) is 2.49. The van der Waals surface area contributed by atoms with E-state index in [0.29, 0.717) is 11.3 Å². The summed E-state index contributed by atoms with van der Waals surface area (Å²) >= 11 is 1.58. The third-order valence-corrected chi connectivity index (χ3v) is 4.06. The number of amides is 1. The van der Waals surface area contributed by atoms with Gasteiger partial charge in [0, 0.05) is 42.7 Å². The Morgan fingerprint density at radius 3 is 2.39 bits per heavy atom. The molecule has 126 valence electrons. The van der Waals surface area contributed by atoms with E-state index in [4.69, 9.17) is 0 Å². The van der Waals surface area contributed by atoms with Gasteiger partial charge in [0.05, 0.1) is 4.92 Å². The van der Waals surface area contributed by atoms with Crippen LogP contribution in [0.5, 0.6) is 0 Å². The zero-order valence-electron chi connectivity index (χ0n) is 13.4. The highest BCUT2D eigenvalue weighted by Gasteiger charge is 2.21. The standard InChI is InChI=1S/C15H21N3O4S/c1-11(19)16-14(10-23-9-8-17(2)3)15(20)12-4-6-13(7-5-12)18(21)22/h4-7,14H,8-10H2,1-3H3,(H,16,19). The molecule has 23 heavy (non-hydrogen) atoms. The Hall–Kier alpha value is -1.93. The number of ketones is 1. The van der Waals surface area contributed by atoms with Gasteiger partial charge in [-0.15, -0.1) is 0 Å². The zero-order chi connectivity index (χ0) is 17.4. The van der Waals surface area contributed by atoms with Gasteiger partial charge in [-0.1, -0.05) is 0 Å². The quantitative estimate of drug-likeness (QED) is 0.318. The lowest BCUT2D eigenvalue weighted by Gasteiger charge is -2.17. The number of nitro groups is 1. The van der Waals surface area contributed by atoms with Gasteiger partial charge >= 0.3 is 0 Å². The molecule has 0 heterocycles. The third-order valence-electron chi connectivity index (χ3n) is 3.02. The minimum absolute atomic E-state index is 0.0713. The summed E-state index contributed by atoms with van der Waals surface area (Å²) in [4.78, 5) is 36.0. The van der Waals surface area contributed by atoms with Gasteiger partial charge < -0.3 is 10.2 Å². The van der Waals surface area contributed by atoms with E-state index in [1.165, 1.54) is 31.2 Å². The summed E-state index contributed by atoms with van der Waals surface area (Å²) in [6, 6.07) is 4.77. The maximum Gasteiger partial charge on any atom is 0.269 e. The zero-order valence-corrected chi connectivity index (χ0v) is 14.3. The molecule has 1 amide bonds.